The summed E-state index contributed by atoms with van der Waals surface area (Å²) in [6.07, 6.45) is 4.45. The van der Waals surface area contributed by atoms with Gasteiger partial charge in [-0.1, -0.05) is 48.5 Å². The lowest BCUT2D eigenvalue weighted by molar-refractivity contribution is 0.968. The first-order valence-corrected chi connectivity index (χ1v) is 6.53. The number of hydrogen-bond donors (Lipinski definition) is 0. The van der Waals surface area contributed by atoms with Crippen LogP contribution in [-0.2, 0) is 7.05 Å². The van der Waals surface area contributed by atoms with Crippen molar-refractivity contribution in [1.82, 2.24) is 4.57 Å². The molecular weight excluding hydrogens is 230 g/mol. The molecule has 3 rings (SSSR count). The molecule has 0 aliphatic rings. The average molecular weight is 247 g/mol. The van der Waals surface area contributed by atoms with E-state index in [-0.39, 0.29) is 0 Å². The topological polar surface area (TPSA) is 4.93 Å². The predicted octanol–water partition coefficient (Wildman–Crippen LogP) is 4.74. The van der Waals surface area contributed by atoms with E-state index in [4.69, 9.17) is 0 Å². The summed E-state index contributed by atoms with van der Waals surface area (Å²) in [6.45, 7) is 2.16. The SMILES string of the molecule is C/C(=C/c1cn(C)c2ccccc12)c1ccccc1. The van der Waals surface area contributed by atoms with Gasteiger partial charge in [-0.2, -0.15) is 0 Å². The molecule has 0 aliphatic heterocycles. The number of rotatable bonds is 2. The largest absolute Gasteiger partial charge is 0.350 e. The zero-order valence-electron chi connectivity index (χ0n) is 11.3. The quantitative estimate of drug-likeness (QED) is 0.616. The van der Waals surface area contributed by atoms with Crippen molar-refractivity contribution in [2.75, 3.05) is 0 Å². The molecule has 0 aliphatic carbocycles. The molecule has 2 aromatic carbocycles. The Bertz CT molecular complexity index is 733. The molecule has 0 amide bonds. The van der Waals surface area contributed by atoms with Crippen molar-refractivity contribution in [1.29, 1.82) is 0 Å². The molecule has 1 heterocycles. The van der Waals surface area contributed by atoms with Crippen molar-refractivity contribution in [2.24, 2.45) is 7.05 Å². The van der Waals surface area contributed by atoms with E-state index in [1.165, 1.54) is 27.6 Å². The number of para-hydroxylation sites is 1. The summed E-state index contributed by atoms with van der Waals surface area (Å²) in [5.74, 6) is 0. The Balaban J connectivity index is 2.11. The van der Waals surface area contributed by atoms with Crippen LogP contribution in [0.5, 0.6) is 0 Å². The maximum absolute atomic E-state index is 2.26. The molecule has 0 radical (unpaired) electrons. The van der Waals surface area contributed by atoms with Gasteiger partial charge in [-0.05, 0) is 30.2 Å². The lowest BCUT2D eigenvalue weighted by Crippen LogP contribution is -1.81. The predicted molar refractivity (Wildman–Crippen MR) is 82.9 cm³/mol. The lowest BCUT2D eigenvalue weighted by Gasteiger charge is -2.00. The third-order valence-electron chi connectivity index (χ3n) is 3.53. The van der Waals surface area contributed by atoms with Gasteiger partial charge in [0, 0.05) is 29.7 Å². The second-order valence-electron chi connectivity index (χ2n) is 4.91. The van der Waals surface area contributed by atoms with Crippen molar-refractivity contribution in [3.8, 4) is 0 Å². The van der Waals surface area contributed by atoms with Crippen LogP contribution in [0.4, 0.5) is 0 Å². The number of aromatic nitrogens is 1. The summed E-state index contributed by atoms with van der Waals surface area (Å²) in [7, 11) is 2.09. The van der Waals surface area contributed by atoms with Crippen molar-refractivity contribution < 1.29 is 0 Å². The first-order valence-electron chi connectivity index (χ1n) is 6.53. The monoisotopic (exact) mass is 247 g/mol. The van der Waals surface area contributed by atoms with E-state index >= 15 is 0 Å². The van der Waals surface area contributed by atoms with E-state index in [1.807, 2.05) is 0 Å². The van der Waals surface area contributed by atoms with E-state index < -0.39 is 0 Å². The second kappa shape index (κ2) is 4.77. The minimum Gasteiger partial charge on any atom is -0.350 e. The van der Waals surface area contributed by atoms with Gasteiger partial charge < -0.3 is 4.57 Å². The van der Waals surface area contributed by atoms with Crippen molar-refractivity contribution in [3.05, 3.63) is 71.9 Å². The summed E-state index contributed by atoms with van der Waals surface area (Å²) in [5.41, 5.74) is 5.11. The second-order valence-corrected chi connectivity index (χ2v) is 4.91. The maximum atomic E-state index is 2.26. The highest BCUT2D eigenvalue weighted by Gasteiger charge is 2.04. The van der Waals surface area contributed by atoms with Crippen LogP contribution in [0.25, 0.3) is 22.6 Å². The smallest absolute Gasteiger partial charge is 0.0483 e. The molecule has 94 valence electrons. The number of hydrogen-bond acceptors (Lipinski definition) is 0. The van der Waals surface area contributed by atoms with Crippen LogP contribution >= 0.6 is 0 Å². The Hall–Kier alpha value is -2.28. The maximum Gasteiger partial charge on any atom is 0.0483 e. The molecule has 0 saturated heterocycles. The molecule has 3 aromatic rings. The summed E-state index contributed by atoms with van der Waals surface area (Å²) in [6, 6.07) is 19.0. The number of fused-ring (bicyclic) bond motifs is 1. The molecule has 1 nitrogen and oxygen atoms in total. The fraction of sp³-hybridized carbons (Fsp3) is 0.111. The molecule has 0 spiro atoms. The van der Waals surface area contributed by atoms with Gasteiger partial charge in [0.15, 0.2) is 0 Å². The fourth-order valence-electron chi connectivity index (χ4n) is 2.51. The number of allylic oxidation sites excluding steroid dienone is 1. The molecule has 1 heteroatoms. The summed E-state index contributed by atoms with van der Waals surface area (Å²) >= 11 is 0. The van der Waals surface area contributed by atoms with Gasteiger partial charge in [0.1, 0.15) is 0 Å². The molecule has 0 unspecified atom stereocenters. The van der Waals surface area contributed by atoms with E-state index in [2.05, 4.69) is 85.4 Å². The third-order valence-corrected chi connectivity index (χ3v) is 3.53. The molecular formula is C18H17N. The third kappa shape index (κ3) is 2.19. The van der Waals surface area contributed by atoms with Gasteiger partial charge in [0.2, 0.25) is 0 Å². The Morgan fingerprint density at radius 2 is 1.63 bits per heavy atom. The number of aryl methyl sites for hydroxylation is 1. The van der Waals surface area contributed by atoms with Gasteiger partial charge in [-0.25, -0.2) is 0 Å². The normalized spacial score (nSPS) is 12.0. The lowest BCUT2D eigenvalue weighted by atomic mass is 10.0. The molecule has 1 aromatic heterocycles. The minimum absolute atomic E-state index is 1.27. The van der Waals surface area contributed by atoms with Crippen LogP contribution in [0.3, 0.4) is 0 Å². The molecule has 19 heavy (non-hydrogen) atoms. The van der Waals surface area contributed by atoms with Crippen LogP contribution < -0.4 is 0 Å². The molecule has 0 atom stereocenters. The van der Waals surface area contributed by atoms with Crippen molar-refractivity contribution in [3.63, 3.8) is 0 Å². The summed E-state index contributed by atoms with van der Waals surface area (Å²) in [5, 5.41) is 1.31. The van der Waals surface area contributed by atoms with Crippen LogP contribution in [-0.4, -0.2) is 4.57 Å². The van der Waals surface area contributed by atoms with E-state index in [9.17, 15) is 0 Å². The Labute approximate surface area is 113 Å². The summed E-state index contributed by atoms with van der Waals surface area (Å²) < 4.78 is 2.18. The molecule has 0 bridgehead atoms. The van der Waals surface area contributed by atoms with E-state index in [0.29, 0.717) is 0 Å². The first kappa shape index (κ1) is 11.8. The number of nitrogens with zero attached hydrogens (tertiary/aromatic N) is 1. The zero-order chi connectivity index (χ0) is 13.2. The average Bonchev–Trinajstić information content (AvgIpc) is 2.77. The van der Waals surface area contributed by atoms with Gasteiger partial charge in [0.05, 0.1) is 0 Å². The minimum atomic E-state index is 1.27. The Morgan fingerprint density at radius 3 is 2.42 bits per heavy atom. The van der Waals surface area contributed by atoms with Crippen LogP contribution in [0.15, 0.2) is 60.8 Å². The molecule has 0 saturated carbocycles. The standard InChI is InChI=1S/C18H17N/c1-14(15-8-4-3-5-9-15)12-16-13-19(2)18-11-7-6-10-17(16)18/h3-13H,1-2H3/b14-12-. The van der Waals surface area contributed by atoms with E-state index in [0.717, 1.165) is 0 Å². The number of benzene rings is 2. The zero-order valence-corrected chi connectivity index (χ0v) is 11.3. The molecule has 0 N–H and O–H groups in total. The van der Waals surface area contributed by atoms with Gasteiger partial charge in [0.25, 0.3) is 0 Å². The Morgan fingerprint density at radius 1 is 0.947 bits per heavy atom. The van der Waals surface area contributed by atoms with Crippen LogP contribution in [0.1, 0.15) is 18.1 Å². The van der Waals surface area contributed by atoms with Crippen molar-refractivity contribution in [2.45, 2.75) is 6.92 Å². The van der Waals surface area contributed by atoms with Crippen LogP contribution in [0.2, 0.25) is 0 Å². The van der Waals surface area contributed by atoms with Gasteiger partial charge in [-0.15, -0.1) is 0 Å². The van der Waals surface area contributed by atoms with Crippen molar-refractivity contribution >= 4 is 22.6 Å². The fourth-order valence-corrected chi connectivity index (χ4v) is 2.51. The van der Waals surface area contributed by atoms with Gasteiger partial charge in [-0.3, -0.25) is 0 Å². The highest BCUT2D eigenvalue weighted by molar-refractivity contribution is 5.94. The Kier molecular flexibility index (Phi) is 2.96. The highest BCUT2D eigenvalue weighted by atomic mass is 14.9. The first-order chi connectivity index (χ1) is 9.25. The highest BCUT2D eigenvalue weighted by Crippen LogP contribution is 2.25. The van der Waals surface area contributed by atoms with Gasteiger partial charge >= 0.3 is 0 Å². The molecule has 0 fully saturated rings. The van der Waals surface area contributed by atoms with Crippen LogP contribution in [0, 0.1) is 0 Å². The van der Waals surface area contributed by atoms with E-state index in [1.54, 1.807) is 0 Å². The summed E-state index contributed by atoms with van der Waals surface area (Å²) in [4.78, 5) is 0.